The van der Waals surface area contributed by atoms with E-state index in [-0.39, 0.29) is 11.3 Å². The maximum absolute atomic E-state index is 13.5. The van der Waals surface area contributed by atoms with Crippen LogP contribution in [0.1, 0.15) is 28.7 Å². The van der Waals surface area contributed by atoms with Gasteiger partial charge in [0.2, 0.25) is 0 Å². The molecule has 2 rings (SSSR count). The number of hydrogen-bond acceptors (Lipinski definition) is 5. The Kier molecular flexibility index (Phi) is 4.55. The Bertz CT molecular complexity index is 692. The number of hydrogen-bond donors (Lipinski definition) is 1. The Balaban J connectivity index is 2.03. The Morgan fingerprint density at radius 1 is 1.32 bits per heavy atom. The molecule has 1 heterocycles. The summed E-state index contributed by atoms with van der Waals surface area (Å²) in [7, 11) is 0. The Morgan fingerprint density at radius 3 is 2.59 bits per heavy atom. The first kappa shape index (κ1) is 15.7. The number of amides is 1. The van der Waals surface area contributed by atoms with Gasteiger partial charge in [0.25, 0.3) is 5.91 Å². The van der Waals surface area contributed by atoms with Crippen LogP contribution in [0.4, 0.5) is 10.1 Å². The molecule has 7 heteroatoms. The minimum atomic E-state index is -1.10. The van der Waals surface area contributed by atoms with Crippen LogP contribution in [0.5, 0.6) is 0 Å². The second-order valence-electron chi connectivity index (χ2n) is 4.72. The summed E-state index contributed by atoms with van der Waals surface area (Å²) < 4.78 is 23.4. The van der Waals surface area contributed by atoms with Gasteiger partial charge in [-0.1, -0.05) is 17.3 Å². The van der Waals surface area contributed by atoms with Crippen molar-refractivity contribution in [2.75, 3.05) is 5.32 Å². The van der Waals surface area contributed by atoms with E-state index in [2.05, 4.69) is 10.5 Å². The lowest BCUT2D eigenvalue weighted by atomic mass is 10.2. The van der Waals surface area contributed by atoms with E-state index < -0.39 is 23.8 Å². The third kappa shape index (κ3) is 3.30. The van der Waals surface area contributed by atoms with Gasteiger partial charge in [-0.25, -0.2) is 9.18 Å². The highest BCUT2D eigenvalue weighted by Crippen LogP contribution is 2.16. The smallest absolute Gasteiger partial charge is 0.344 e. The van der Waals surface area contributed by atoms with Crippen molar-refractivity contribution in [2.24, 2.45) is 0 Å². The molecule has 0 fully saturated rings. The highest BCUT2D eigenvalue weighted by atomic mass is 19.1. The molecule has 1 N–H and O–H groups in total. The molecule has 0 saturated carbocycles. The molecule has 116 valence electrons. The predicted octanol–water partition coefficient (Wildman–Crippen LogP) is 2.61. The van der Waals surface area contributed by atoms with Crippen molar-refractivity contribution >= 4 is 17.6 Å². The third-order valence-corrected chi connectivity index (χ3v) is 3.02. The number of benzene rings is 1. The lowest BCUT2D eigenvalue weighted by Crippen LogP contribution is -2.30. The number of nitrogens with zero attached hydrogens (tertiary/aromatic N) is 1. The van der Waals surface area contributed by atoms with Crippen LogP contribution in [0, 0.1) is 19.7 Å². The topological polar surface area (TPSA) is 81.4 Å². The summed E-state index contributed by atoms with van der Waals surface area (Å²) in [5.74, 6) is -1.61. The van der Waals surface area contributed by atoms with Gasteiger partial charge in [0.05, 0.1) is 11.4 Å². The molecule has 0 radical (unpaired) electrons. The molecule has 0 spiro atoms. The van der Waals surface area contributed by atoms with Crippen molar-refractivity contribution in [3.05, 3.63) is 47.1 Å². The monoisotopic (exact) mass is 306 g/mol. The van der Waals surface area contributed by atoms with Crippen LogP contribution < -0.4 is 5.32 Å². The van der Waals surface area contributed by atoms with Crippen LogP contribution in [-0.2, 0) is 9.53 Å². The van der Waals surface area contributed by atoms with Gasteiger partial charge in [0, 0.05) is 0 Å². The number of rotatable bonds is 4. The fourth-order valence-corrected chi connectivity index (χ4v) is 1.84. The summed E-state index contributed by atoms with van der Waals surface area (Å²) in [5.41, 5.74) is 0.586. The maximum Gasteiger partial charge on any atom is 0.344 e. The fraction of sp³-hybridized carbons (Fsp3) is 0.267. The molecule has 22 heavy (non-hydrogen) atoms. The lowest BCUT2D eigenvalue weighted by molar-refractivity contribution is -0.123. The highest BCUT2D eigenvalue weighted by molar-refractivity contribution is 5.98. The number of ether oxygens (including phenoxy) is 1. The van der Waals surface area contributed by atoms with Crippen LogP contribution in [0.15, 0.2) is 28.8 Å². The first-order valence-electron chi connectivity index (χ1n) is 6.59. The minimum Gasteiger partial charge on any atom is -0.449 e. The SMILES string of the molecule is Cc1noc(C)c1C(=O)O[C@H](C)C(=O)Nc1ccccc1F. The second kappa shape index (κ2) is 6.38. The molecule has 1 aromatic carbocycles. The van der Waals surface area contributed by atoms with Crippen molar-refractivity contribution < 1.29 is 23.2 Å². The predicted molar refractivity (Wildman–Crippen MR) is 75.9 cm³/mol. The molecule has 0 unspecified atom stereocenters. The molecule has 1 atom stereocenters. The zero-order chi connectivity index (χ0) is 16.3. The van der Waals surface area contributed by atoms with E-state index in [1.54, 1.807) is 19.9 Å². The molecular weight excluding hydrogens is 291 g/mol. The molecule has 1 amide bonds. The van der Waals surface area contributed by atoms with Gasteiger partial charge in [-0.15, -0.1) is 0 Å². The zero-order valence-corrected chi connectivity index (χ0v) is 12.3. The fourth-order valence-electron chi connectivity index (χ4n) is 1.84. The molecule has 1 aromatic heterocycles. The summed E-state index contributed by atoms with van der Waals surface area (Å²) in [5, 5.41) is 6.00. The minimum absolute atomic E-state index is 0.0211. The van der Waals surface area contributed by atoms with E-state index in [1.807, 2.05) is 0 Å². The number of carbonyl (C=O) groups excluding carboxylic acids is 2. The summed E-state index contributed by atoms with van der Waals surface area (Å²) in [4.78, 5) is 24.0. The largest absolute Gasteiger partial charge is 0.449 e. The number of carbonyl (C=O) groups is 2. The normalized spacial score (nSPS) is 11.8. The molecule has 0 aliphatic heterocycles. The number of aryl methyl sites for hydroxylation is 2. The maximum atomic E-state index is 13.5. The average Bonchev–Trinajstić information content (AvgIpc) is 2.80. The van der Waals surface area contributed by atoms with Gasteiger partial charge in [0.1, 0.15) is 17.1 Å². The van der Waals surface area contributed by atoms with Crippen molar-refractivity contribution in [3.63, 3.8) is 0 Å². The quantitative estimate of drug-likeness (QED) is 0.878. The average molecular weight is 306 g/mol. The van der Waals surface area contributed by atoms with Crippen LogP contribution in [-0.4, -0.2) is 23.1 Å². The van der Waals surface area contributed by atoms with Gasteiger partial charge < -0.3 is 14.6 Å². The number of aromatic nitrogens is 1. The summed E-state index contributed by atoms with van der Waals surface area (Å²) in [6.07, 6.45) is -1.10. The highest BCUT2D eigenvalue weighted by Gasteiger charge is 2.24. The zero-order valence-electron chi connectivity index (χ0n) is 12.3. The van der Waals surface area contributed by atoms with Crippen molar-refractivity contribution in [1.82, 2.24) is 5.16 Å². The summed E-state index contributed by atoms with van der Waals surface area (Å²) in [6.45, 7) is 4.56. The molecule has 0 bridgehead atoms. The second-order valence-corrected chi connectivity index (χ2v) is 4.72. The third-order valence-electron chi connectivity index (χ3n) is 3.02. The van der Waals surface area contributed by atoms with Gasteiger partial charge in [0.15, 0.2) is 6.10 Å². The standard InChI is InChI=1S/C15H15FN2O4/c1-8-13(9(2)22-18-8)15(20)21-10(3)14(19)17-12-7-5-4-6-11(12)16/h4-7,10H,1-3H3,(H,17,19)/t10-/m1/s1. The van der Waals surface area contributed by atoms with Crippen molar-refractivity contribution in [2.45, 2.75) is 26.9 Å². The Hall–Kier alpha value is -2.70. The van der Waals surface area contributed by atoms with Crippen LogP contribution in [0.25, 0.3) is 0 Å². The number of nitrogens with one attached hydrogen (secondary N) is 1. The first-order chi connectivity index (χ1) is 10.4. The Morgan fingerprint density at radius 2 is 2.00 bits per heavy atom. The van der Waals surface area contributed by atoms with E-state index in [9.17, 15) is 14.0 Å². The van der Waals surface area contributed by atoms with E-state index >= 15 is 0 Å². The van der Waals surface area contributed by atoms with E-state index in [1.165, 1.54) is 25.1 Å². The van der Waals surface area contributed by atoms with E-state index in [0.717, 1.165) is 0 Å². The van der Waals surface area contributed by atoms with Crippen LogP contribution in [0.3, 0.4) is 0 Å². The first-order valence-corrected chi connectivity index (χ1v) is 6.59. The number of halogens is 1. The van der Waals surface area contributed by atoms with Gasteiger partial charge in [-0.3, -0.25) is 4.79 Å². The van der Waals surface area contributed by atoms with Gasteiger partial charge in [-0.05, 0) is 32.9 Å². The van der Waals surface area contributed by atoms with Crippen LogP contribution in [0.2, 0.25) is 0 Å². The van der Waals surface area contributed by atoms with Crippen LogP contribution >= 0.6 is 0 Å². The van der Waals surface area contributed by atoms with E-state index in [0.29, 0.717) is 11.5 Å². The molecule has 0 aliphatic carbocycles. The Labute approximate surface area is 126 Å². The van der Waals surface area contributed by atoms with Crippen molar-refractivity contribution in [3.8, 4) is 0 Å². The molecule has 2 aromatic rings. The van der Waals surface area contributed by atoms with Gasteiger partial charge >= 0.3 is 5.97 Å². The summed E-state index contributed by atoms with van der Waals surface area (Å²) >= 11 is 0. The number of esters is 1. The lowest BCUT2D eigenvalue weighted by Gasteiger charge is -2.13. The van der Waals surface area contributed by atoms with Gasteiger partial charge in [-0.2, -0.15) is 0 Å². The molecule has 6 nitrogen and oxygen atoms in total. The molecule has 0 saturated heterocycles. The van der Waals surface area contributed by atoms with E-state index in [4.69, 9.17) is 9.26 Å². The summed E-state index contributed by atoms with van der Waals surface area (Å²) in [6, 6.07) is 5.72. The number of para-hydroxylation sites is 1. The number of anilines is 1. The van der Waals surface area contributed by atoms with Crippen molar-refractivity contribution in [1.29, 1.82) is 0 Å². The molecular formula is C15H15FN2O4. The molecule has 0 aliphatic rings.